The van der Waals surface area contributed by atoms with Crippen LogP contribution in [0.3, 0.4) is 0 Å². The molecule has 96 valence electrons. The van der Waals surface area contributed by atoms with Gasteiger partial charge in [0.1, 0.15) is 12.2 Å². The van der Waals surface area contributed by atoms with Crippen LogP contribution < -0.4 is 0 Å². The van der Waals surface area contributed by atoms with Crippen LogP contribution in [0.15, 0.2) is 0 Å². The van der Waals surface area contributed by atoms with Gasteiger partial charge < -0.3 is 9.47 Å². The molecular weight excluding hydrogens is 218 g/mol. The molecule has 0 aliphatic heterocycles. The molecule has 0 rings (SSSR count). The summed E-state index contributed by atoms with van der Waals surface area (Å²) in [4.78, 5) is 11.2. The minimum Gasteiger partial charge on any atom is -0.431 e. The van der Waals surface area contributed by atoms with Gasteiger partial charge in [0.25, 0.3) is 0 Å². The van der Waals surface area contributed by atoms with Crippen molar-refractivity contribution in [3.05, 3.63) is 0 Å². The van der Waals surface area contributed by atoms with Gasteiger partial charge in [0.2, 0.25) is 0 Å². The molecule has 0 fully saturated rings. The van der Waals surface area contributed by atoms with Gasteiger partial charge in [-0.2, -0.15) is 0 Å². The Morgan fingerprint density at radius 2 is 1.38 bits per heavy atom. The predicted molar refractivity (Wildman–Crippen MR) is 56.9 cm³/mol. The van der Waals surface area contributed by atoms with Crippen LogP contribution in [-0.4, -0.2) is 31.7 Å². The molecule has 16 heavy (non-hydrogen) atoms. The lowest BCUT2D eigenvalue weighted by Crippen LogP contribution is -2.24. The van der Waals surface area contributed by atoms with Crippen LogP contribution in [0.2, 0.25) is 0 Å². The van der Waals surface area contributed by atoms with Gasteiger partial charge in [0.05, 0.1) is 13.3 Å². The number of alkyl halides is 2. The summed E-state index contributed by atoms with van der Waals surface area (Å²) in [6.45, 7) is 2.53. The van der Waals surface area contributed by atoms with Crippen LogP contribution >= 0.6 is 0 Å². The van der Waals surface area contributed by atoms with Gasteiger partial charge in [-0.3, -0.25) is 8.78 Å². The van der Waals surface area contributed by atoms with Gasteiger partial charge in [-0.25, -0.2) is 4.79 Å². The van der Waals surface area contributed by atoms with E-state index in [1.54, 1.807) is 13.8 Å². The zero-order valence-electron chi connectivity index (χ0n) is 9.88. The van der Waals surface area contributed by atoms with E-state index in [0.717, 1.165) is 0 Å². The van der Waals surface area contributed by atoms with E-state index in [0.29, 0.717) is 12.8 Å². The Morgan fingerprint density at radius 1 is 1.00 bits per heavy atom. The molecule has 0 aromatic heterocycles. The monoisotopic (exact) mass is 238 g/mol. The summed E-state index contributed by atoms with van der Waals surface area (Å²) in [5.74, 6) is 0. The number of ether oxygens (including phenoxy) is 2. The molecule has 0 saturated heterocycles. The van der Waals surface area contributed by atoms with Crippen LogP contribution in [0, 0.1) is 0 Å². The average molecular weight is 238 g/mol. The van der Waals surface area contributed by atoms with E-state index >= 15 is 0 Å². The van der Waals surface area contributed by atoms with Crippen molar-refractivity contribution in [1.29, 1.82) is 0 Å². The van der Waals surface area contributed by atoms with E-state index in [4.69, 9.17) is 9.47 Å². The smallest absolute Gasteiger partial charge is 0.431 e. The number of hydrogen-bond acceptors (Lipinski definition) is 3. The Bertz CT molecular complexity index is 170. The lowest BCUT2D eigenvalue weighted by Gasteiger charge is -2.18. The standard InChI is InChI=1S/C11H20F2O3/c1-3-9(5-7-12)15-11(14)16-10(4-2)6-8-13/h9-10H,3-8H2,1-2H3. The van der Waals surface area contributed by atoms with Gasteiger partial charge in [0, 0.05) is 12.8 Å². The fourth-order valence-electron chi connectivity index (χ4n) is 1.24. The van der Waals surface area contributed by atoms with Gasteiger partial charge in [-0.1, -0.05) is 13.8 Å². The molecule has 0 bridgehead atoms. The third-order valence-electron chi connectivity index (χ3n) is 2.30. The molecule has 0 N–H and O–H groups in total. The Morgan fingerprint density at radius 3 is 1.62 bits per heavy atom. The summed E-state index contributed by atoms with van der Waals surface area (Å²) >= 11 is 0. The summed E-state index contributed by atoms with van der Waals surface area (Å²) in [5.41, 5.74) is 0. The summed E-state index contributed by atoms with van der Waals surface area (Å²) in [5, 5.41) is 0. The molecule has 0 heterocycles. The molecule has 2 atom stereocenters. The highest BCUT2D eigenvalue weighted by molar-refractivity contribution is 5.60. The van der Waals surface area contributed by atoms with Gasteiger partial charge >= 0.3 is 6.16 Å². The van der Waals surface area contributed by atoms with E-state index < -0.39 is 31.7 Å². The molecule has 2 unspecified atom stereocenters. The van der Waals surface area contributed by atoms with Gasteiger partial charge in [0.15, 0.2) is 0 Å². The molecule has 0 aromatic carbocycles. The van der Waals surface area contributed by atoms with Crippen LogP contribution in [0.1, 0.15) is 39.5 Å². The van der Waals surface area contributed by atoms with Crippen molar-refractivity contribution in [2.24, 2.45) is 0 Å². The second kappa shape index (κ2) is 9.36. The second-order valence-corrected chi connectivity index (χ2v) is 3.50. The first-order valence-corrected chi connectivity index (χ1v) is 5.67. The lowest BCUT2D eigenvalue weighted by atomic mass is 10.2. The molecule has 0 radical (unpaired) electrons. The van der Waals surface area contributed by atoms with Crippen molar-refractivity contribution in [3.8, 4) is 0 Å². The van der Waals surface area contributed by atoms with E-state index in [9.17, 15) is 13.6 Å². The molecular formula is C11H20F2O3. The normalized spacial score (nSPS) is 14.2. The minimum absolute atomic E-state index is 0.172. The summed E-state index contributed by atoms with van der Waals surface area (Å²) in [7, 11) is 0. The Balaban J connectivity index is 3.93. The topological polar surface area (TPSA) is 35.5 Å². The van der Waals surface area contributed by atoms with Gasteiger partial charge in [-0.15, -0.1) is 0 Å². The number of rotatable bonds is 8. The number of hydrogen-bond donors (Lipinski definition) is 0. The number of carbonyl (C=O) groups excluding carboxylic acids is 1. The third-order valence-corrected chi connectivity index (χ3v) is 2.30. The highest BCUT2D eigenvalue weighted by Gasteiger charge is 2.17. The zero-order chi connectivity index (χ0) is 12.4. The minimum atomic E-state index is -0.833. The van der Waals surface area contributed by atoms with E-state index in [2.05, 4.69) is 0 Å². The first-order chi connectivity index (χ1) is 7.67. The largest absolute Gasteiger partial charge is 0.508 e. The highest BCUT2D eigenvalue weighted by Crippen LogP contribution is 2.10. The third kappa shape index (κ3) is 6.58. The Hall–Kier alpha value is -0.870. The Kier molecular flexibility index (Phi) is 8.85. The van der Waals surface area contributed by atoms with Crippen LogP contribution in [0.4, 0.5) is 13.6 Å². The fraction of sp³-hybridized carbons (Fsp3) is 0.909. The van der Waals surface area contributed by atoms with Crippen molar-refractivity contribution in [2.45, 2.75) is 51.7 Å². The lowest BCUT2D eigenvalue weighted by molar-refractivity contribution is -0.0100. The maximum atomic E-state index is 12.0. The van der Waals surface area contributed by atoms with Crippen molar-refractivity contribution in [3.63, 3.8) is 0 Å². The maximum absolute atomic E-state index is 12.0. The molecule has 0 aromatic rings. The first-order valence-electron chi connectivity index (χ1n) is 5.67. The molecule has 3 nitrogen and oxygen atoms in total. The molecule has 0 aliphatic rings. The quantitative estimate of drug-likeness (QED) is 0.608. The van der Waals surface area contributed by atoms with Crippen LogP contribution in [0.25, 0.3) is 0 Å². The van der Waals surface area contributed by atoms with Crippen LogP contribution in [0.5, 0.6) is 0 Å². The SMILES string of the molecule is CCC(CCF)OC(=O)OC(CC)CCF. The van der Waals surface area contributed by atoms with Crippen LogP contribution in [-0.2, 0) is 9.47 Å². The number of halogens is 2. The maximum Gasteiger partial charge on any atom is 0.508 e. The van der Waals surface area contributed by atoms with E-state index in [-0.39, 0.29) is 12.8 Å². The summed E-state index contributed by atoms with van der Waals surface area (Å²) < 4.78 is 33.9. The average Bonchev–Trinajstić information content (AvgIpc) is 2.27. The van der Waals surface area contributed by atoms with E-state index in [1.807, 2.05) is 0 Å². The van der Waals surface area contributed by atoms with Crippen molar-refractivity contribution in [2.75, 3.05) is 13.3 Å². The molecule has 0 aliphatic carbocycles. The Labute approximate surface area is 95.1 Å². The van der Waals surface area contributed by atoms with Crippen molar-refractivity contribution >= 4 is 6.16 Å². The summed E-state index contributed by atoms with van der Waals surface area (Å²) in [6.07, 6.45) is -0.323. The van der Waals surface area contributed by atoms with Crippen molar-refractivity contribution < 1.29 is 23.0 Å². The highest BCUT2D eigenvalue weighted by atomic mass is 19.1. The molecule has 5 heteroatoms. The first kappa shape index (κ1) is 15.1. The second-order valence-electron chi connectivity index (χ2n) is 3.50. The van der Waals surface area contributed by atoms with Crippen molar-refractivity contribution in [1.82, 2.24) is 0 Å². The fourth-order valence-corrected chi connectivity index (χ4v) is 1.24. The predicted octanol–water partition coefficient (Wildman–Crippen LogP) is 3.42. The summed E-state index contributed by atoms with van der Waals surface area (Å²) in [6, 6.07) is 0. The zero-order valence-corrected chi connectivity index (χ0v) is 9.88. The van der Waals surface area contributed by atoms with E-state index in [1.165, 1.54) is 0 Å². The number of carbonyl (C=O) groups is 1. The van der Waals surface area contributed by atoms with Gasteiger partial charge in [-0.05, 0) is 12.8 Å². The molecule has 0 amide bonds. The molecule has 0 saturated carbocycles. The molecule has 0 spiro atoms.